The quantitative estimate of drug-likeness (QED) is 0.841. The van der Waals surface area contributed by atoms with Gasteiger partial charge in [-0.2, -0.15) is 0 Å². The molecule has 3 rings (SSSR count). The molecule has 0 aromatic heterocycles. The number of anilines is 1. The largest absolute Gasteiger partial charge is 0.368 e. The van der Waals surface area contributed by atoms with Crippen LogP contribution < -0.4 is 10.2 Å². The summed E-state index contributed by atoms with van der Waals surface area (Å²) in [5, 5.41) is 4.48. The maximum Gasteiger partial charge on any atom is 0.237 e. The highest BCUT2D eigenvalue weighted by Crippen LogP contribution is 2.26. The van der Waals surface area contributed by atoms with E-state index >= 15 is 0 Å². The highest BCUT2D eigenvalue weighted by molar-refractivity contribution is 6.33. The molecule has 1 heterocycles. The van der Waals surface area contributed by atoms with Crippen LogP contribution >= 0.6 is 23.2 Å². The van der Waals surface area contributed by atoms with Crippen LogP contribution in [0.2, 0.25) is 10.0 Å². The van der Waals surface area contributed by atoms with E-state index in [0.717, 1.165) is 42.5 Å². The Morgan fingerprint density at radius 2 is 1.69 bits per heavy atom. The number of nitrogens with zero attached hydrogens (tertiary/aromatic N) is 2. The van der Waals surface area contributed by atoms with Gasteiger partial charge in [0.15, 0.2) is 0 Å². The van der Waals surface area contributed by atoms with Gasteiger partial charge in [0.1, 0.15) is 0 Å². The van der Waals surface area contributed by atoms with Gasteiger partial charge >= 0.3 is 0 Å². The number of hydrogen-bond acceptors (Lipinski definition) is 3. The Hall–Kier alpha value is -1.75. The van der Waals surface area contributed by atoms with Crippen LogP contribution in [-0.4, -0.2) is 43.0 Å². The van der Waals surface area contributed by atoms with E-state index in [-0.39, 0.29) is 11.9 Å². The summed E-state index contributed by atoms with van der Waals surface area (Å²) in [6.07, 6.45) is 0. The van der Waals surface area contributed by atoms with E-state index in [2.05, 4.69) is 15.1 Å². The van der Waals surface area contributed by atoms with Gasteiger partial charge in [0.05, 0.1) is 16.8 Å². The van der Waals surface area contributed by atoms with Gasteiger partial charge < -0.3 is 10.2 Å². The van der Waals surface area contributed by atoms with Crippen LogP contribution in [0.3, 0.4) is 0 Å². The minimum atomic E-state index is -0.157. The van der Waals surface area contributed by atoms with Gasteiger partial charge in [0, 0.05) is 37.7 Å². The normalized spacial score (nSPS) is 16.3. The van der Waals surface area contributed by atoms with Crippen molar-refractivity contribution in [3.05, 3.63) is 64.1 Å². The predicted octanol–water partition coefficient (Wildman–Crippen LogP) is 3.82. The van der Waals surface area contributed by atoms with Crippen molar-refractivity contribution in [2.75, 3.05) is 31.1 Å². The minimum absolute atomic E-state index is 0.0474. The van der Waals surface area contributed by atoms with Gasteiger partial charge in [-0.1, -0.05) is 47.5 Å². The van der Waals surface area contributed by atoms with Crippen molar-refractivity contribution < 1.29 is 4.79 Å². The topological polar surface area (TPSA) is 35.6 Å². The lowest BCUT2D eigenvalue weighted by Crippen LogP contribution is -2.53. The lowest BCUT2D eigenvalue weighted by molar-refractivity contribution is -0.126. The zero-order valence-corrected chi connectivity index (χ0v) is 16.3. The van der Waals surface area contributed by atoms with Crippen LogP contribution in [0, 0.1) is 0 Å². The first-order chi connectivity index (χ1) is 12.5. The number of carbonyl (C=O) groups is 1. The highest BCUT2D eigenvalue weighted by atomic mass is 35.5. The van der Waals surface area contributed by atoms with Gasteiger partial charge in [-0.3, -0.25) is 9.69 Å². The van der Waals surface area contributed by atoms with E-state index in [1.165, 1.54) is 0 Å². The van der Waals surface area contributed by atoms with E-state index < -0.39 is 0 Å². The van der Waals surface area contributed by atoms with Crippen LogP contribution in [0.15, 0.2) is 48.5 Å². The van der Waals surface area contributed by atoms with Crippen LogP contribution in [0.4, 0.5) is 5.69 Å². The first-order valence-corrected chi connectivity index (χ1v) is 9.56. The molecule has 1 fully saturated rings. The van der Waals surface area contributed by atoms with Crippen LogP contribution in [0.5, 0.6) is 0 Å². The van der Waals surface area contributed by atoms with Crippen molar-refractivity contribution in [2.45, 2.75) is 19.5 Å². The molecule has 1 aliphatic heterocycles. The molecule has 2 aromatic rings. The van der Waals surface area contributed by atoms with Gasteiger partial charge in [0.2, 0.25) is 5.91 Å². The Morgan fingerprint density at radius 3 is 2.35 bits per heavy atom. The Bertz CT molecular complexity index is 743. The number of carbonyl (C=O) groups excluding carboxylic acids is 1. The number of hydrogen-bond donors (Lipinski definition) is 1. The molecule has 0 spiro atoms. The van der Waals surface area contributed by atoms with E-state index in [0.29, 0.717) is 11.6 Å². The monoisotopic (exact) mass is 391 g/mol. The maximum atomic E-state index is 12.5. The molecular weight excluding hydrogens is 369 g/mol. The molecule has 4 nitrogen and oxygen atoms in total. The molecule has 26 heavy (non-hydrogen) atoms. The smallest absolute Gasteiger partial charge is 0.237 e. The van der Waals surface area contributed by atoms with E-state index in [9.17, 15) is 4.79 Å². The lowest BCUT2D eigenvalue weighted by atomic mass is 10.2. The first kappa shape index (κ1) is 19.0. The summed E-state index contributed by atoms with van der Waals surface area (Å²) < 4.78 is 0. The number of nitrogens with one attached hydrogen (secondary N) is 1. The fourth-order valence-electron chi connectivity index (χ4n) is 3.16. The third kappa shape index (κ3) is 4.70. The molecule has 1 aliphatic rings. The second-order valence-corrected chi connectivity index (χ2v) is 7.34. The summed E-state index contributed by atoms with van der Waals surface area (Å²) in [5.74, 6) is 0.0474. The Labute approximate surface area is 164 Å². The van der Waals surface area contributed by atoms with Crippen LogP contribution in [0.25, 0.3) is 0 Å². The van der Waals surface area contributed by atoms with Gasteiger partial charge in [-0.15, -0.1) is 0 Å². The second-order valence-electron chi connectivity index (χ2n) is 6.49. The molecule has 1 amide bonds. The molecule has 2 aromatic carbocycles. The van der Waals surface area contributed by atoms with Gasteiger partial charge in [-0.05, 0) is 36.8 Å². The lowest BCUT2D eigenvalue weighted by Gasteiger charge is -2.38. The van der Waals surface area contributed by atoms with Crippen molar-refractivity contribution in [2.24, 2.45) is 0 Å². The van der Waals surface area contributed by atoms with Crippen LogP contribution in [-0.2, 0) is 11.3 Å². The number of para-hydroxylation sites is 1. The maximum absolute atomic E-state index is 12.5. The Morgan fingerprint density at radius 1 is 1.04 bits per heavy atom. The number of halogens is 2. The molecule has 0 saturated carbocycles. The molecule has 6 heteroatoms. The summed E-state index contributed by atoms with van der Waals surface area (Å²) in [7, 11) is 0. The third-order valence-corrected chi connectivity index (χ3v) is 5.39. The standard InChI is InChI=1S/C20H23Cl2N3O/c1-15(20(26)23-14-16-6-8-17(21)9-7-16)24-10-12-25(13-11-24)19-5-3-2-4-18(19)22/h2-9,15H,10-14H2,1H3,(H,23,26). The summed E-state index contributed by atoms with van der Waals surface area (Å²) in [5.41, 5.74) is 2.10. The zero-order chi connectivity index (χ0) is 18.5. The van der Waals surface area contributed by atoms with E-state index in [1.807, 2.05) is 55.5 Å². The molecule has 0 aliphatic carbocycles. The molecular formula is C20H23Cl2N3O. The van der Waals surface area contributed by atoms with Crippen molar-refractivity contribution in [3.63, 3.8) is 0 Å². The van der Waals surface area contributed by atoms with Crippen LogP contribution in [0.1, 0.15) is 12.5 Å². The molecule has 1 atom stereocenters. The minimum Gasteiger partial charge on any atom is -0.368 e. The summed E-state index contributed by atoms with van der Waals surface area (Å²) in [4.78, 5) is 17.0. The number of benzene rings is 2. The second kappa shape index (κ2) is 8.76. The molecule has 1 saturated heterocycles. The van der Waals surface area contributed by atoms with Crippen molar-refractivity contribution >= 4 is 34.8 Å². The number of amides is 1. The molecule has 138 valence electrons. The SMILES string of the molecule is CC(C(=O)NCc1ccc(Cl)cc1)N1CCN(c2ccccc2Cl)CC1. The molecule has 1 N–H and O–H groups in total. The van der Waals surface area contributed by atoms with Gasteiger partial charge in [0.25, 0.3) is 0 Å². The van der Waals surface area contributed by atoms with E-state index in [4.69, 9.17) is 23.2 Å². The number of piperazine rings is 1. The van der Waals surface area contributed by atoms with Crippen molar-refractivity contribution in [3.8, 4) is 0 Å². The molecule has 0 radical (unpaired) electrons. The average molecular weight is 392 g/mol. The summed E-state index contributed by atoms with van der Waals surface area (Å²) >= 11 is 12.2. The van der Waals surface area contributed by atoms with E-state index in [1.54, 1.807) is 0 Å². The van der Waals surface area contributed by atoms with Crippen molar-refractivity contribution in [1.29, 1.82) is 0 Å². The molecule has 1 unspecified atom stereocenters. The summed E-state index contributed by atoms with van der Waals surface area (Å²) in [6, 6.07) is 15.3. The summed E-state index contributed by atoms with van der Waals surface area (Å²) in [6.45, 7) is 5.86. The van der Waals surface area contributed by atoms with Gasteiger partial charge in [-0.25, -0.2) is 0 Å². The third-order valence-electron chi connectivity index (χ3n) is 4.81. The first-order valence-electron chi connectivity index (χ1n) is 8.80. The average Bonchev–Trinajstić information content (AvgIpc) is 2.67. The highest BCUT2D eigenvalue weighted by Gasteiger charge is 2.26. The number of rotatable bonds is 5. The molecule has 0 bridgehead atoms. The van der Waals surface area contributed by atoms with Crippen molar-refractivity contribution in [1.82, 2.24) is 10.2 Å². The zero-order valence-electron chi connectivity index (χ0n) is 14.8. The Balaban J connectivity index is 1.49. The fraction of sp³-hybridized carbons (Fsp3) is 0.350. The fourth-order valence-corrected chi connectivity index (χ4v) is 3.54. The Kier molecular flexibility index (Phi) is 6.41. The predicted molar refractivity (Wildman–Crippen MR) is 108 cm³/mol.